The zero-order valence-electron chi connectivity index (χ0n) is 17.4. The summed E-state index contributed by atoms with van der Waals surface area (Å²) in [7, 11) is 2.11. The van der Waals surface area contributed by atoms with Crippen molar-refractivity contribution in [2.75, 3.05) is 12.4 Å². The predicted octanol–water partition coefficient (Wildman–Crippen LogP) is 5.30. The van der Waals surface area contributed by atoms with Crippen LogP contribution in [-0.2, 0) is 6.54 Å². The number of hydrogen-bond donors (Lipinski definition) is 2. The molecular formula is C26H30N2O2. The number of nitrogens with zero attached hydrogens (tertiary/aromatic N) is 1. The third kappa shape index (κ3) is 5.02. The molecule has 0 amide bonds. The molecule has 156 valence electrons. The third-order valence-electron chi connectivity index (χ3n) is 5.86. The molecule has 0 saturated heterocycles. The average molecular weight is 403 g/mol. The fourth-order valence-corrected chi connectivity index (χ4v) is 4.27. The number of likely N-dealkylation sites (N-methyl/N-ethyl adjacent to an activating group) is 1. The van der Waals surface area contributed by atoms with Crippen LogP contribution in [0.5, 0.6) is 11.5 Å². The predicted molar refractivity (Wildman–Crippen MR) is 122 cm³/mol. The first-order valence-electron chi connectivity index (χ1n) is 10.7. The Kier molecular flexibility index (Phi) is 6.67. The van der Waals surface area contributed by atoms with Crippen LogP contribution in [0, 0.1) is 0 Å². The first kappa shape index (κ1) is 20.5. The summed E-state index contributed by atoms with van der Waals surface area (Å²) < 4.78 is 6.09. The van der Waals surface area contributed by atoms with E-state index >= 15 is 0 Å². The zero-order valence-corrected chi connectivity index (χ0v) is 17.4. The Morgan fingerprint density at radius 3 is 2.33 bits per heavy atom. The van der Waals surface area contributed by atoms with Gasteiger partial charge in [-0.15, -0.1) is 0 Å². The highest BCUT2D eigenvalue weighted by atomic mass is 16.5. The molecule has 0 aliphatic heterocycles. The Labute approximate surface area is 179 Å². The molecular weight excluding hydrogens is 372 g/mol. The summed E-state index contributed by atoms with van der Waals surface area (Å²) in [6.07, 6.45) is 2.58. The van der Waals surface area contributed by atoms with Crippen molar-refractivity contribution in [2.45, 2.75) is 44.0 Å². The van der Waals surface area contributed by atoms with Crippen molar-refractivity contribution < 1.29 is 9.84 Å². The van der Waals surface area contributed by atoms with E-state index in [4.69, 9.17) is 4.74 Å². The maximum atomic E-state index is 11.2. The van der Waals surface area contributed by atoms with Crippen LogP contribution in [0.1, 0.15) is 24.8 Å². The van der Waals surface area contributed by atoms with E-state index in [0.717, 1.165) is 43.0 Å². The number of nitrogens with one attached hydrogen (secondary N) is 1. The zero-order chi connectivity index (χ0) is 20.8. The Bertz CT molecular complexity index is 917. The van der Waals surface area contributed by atoms with Gasteiger partial charge in [0, 0.05) is 12.6 Å². The summed E-state index contributed by atoms with van der Waals surface area (Å²) in [5, 5.41) is 14.7. The molecule has 4 rings (SSSR count). The lowest BCUT2D eigenvalue weighted by Crippen LogP contribution is -2.52. The Morgan fingerprint density at radius 1 is 0.900 bits per heavy atom. The SMILES string of the molecule is CN(Cc1ccccc1)[C@@H]1CCC[C@@H](Nc2ccccc2Oc2ccccc2)[C@@H]1O. The van der Waals surface area contributed by atoms with Gasteiger partial charge in [-0.3, -0.25) is 4.90 Å². The molecule has 3 atom stereocenters. The van der Waals surface area contributed by atoms with Gasteiger partial charge >= 0.3 is 0 Å². The Balaban J connectivity index is 1.44. The first-order valence-corrected chi connectivity index (χ1v) is 10.7. The highest BCUT2D eigenvalue weighted by Gasteiger charge is 2.34. The van der Waals surface area contributed by atoms with Gasteiger partial charge in [-0.25, -0.2) is 0 Å². The van der Waals surface area contributed by atoms with Gasteiger partial charge in [-0.2, -0.15) is 0 Å². The van der Waals surface area contributed by atoms with E-state index < -0.39 is 6.10 Å². The summed E-state index contributed by atoms with van der Waals surface area (Å²) in [5.74, 6) is 1.58. The lowest BCUT2D eigenvalue weighted by atomic mass is 9.87. The van der Waals surface area contributed by atoms with Gasteiger partial charge in [0.2, 0.25) is 0 Å². The number of rotatable bonds is 7. The van der Waals surface area contributed by atoms with E-state index in [1.807, 2.05) is 60.7 Å². The number of benzene rings is 3. The molecule has 3 aromatic carbocycles. The first-order chi connectivity index (χ1) is 14.7. The normalized spacial score (nSPS) is 21.4. The van der Waals surface area contributed by atoms with Crippen LogP contribution in [0.15, 0.2) is 84.9 Å². The number of ether oxygens (including phenoxy) is 1. The van der Waals surface area contributed by atoms with Crippen LogP contribution in [0.2, 0.25) is 0 Å². The number of aliphatic hydroxyl groups is 1. The van der Waals surface area contributed by atoms with Crippen molar-refractivity contribution in [3.05, 3.63) is 90.5 Å². The molecule has 4 heteroatoms. The maximum absolute atomic E-state index is 11.2. The summed E-state index contributed by atoms with van der Waals surface area (Å²) in [5.41, 5.74) is 2.18. The Morgan fingerprint density at radius 2 is 1.57 bits per heavy atom. The van der Waals surface area contributed by atoms with Gasteiger partial charge in [-0.1, -0.05) is 60.7 Å². The lowest BCUT2D eigenvalue weighted by molar-refractivity contribution is 0.0201. The fourth-order valence-electron chi connectivity index (χ4n) is 4.27. The Hall–Kier alpha value is -2.82. The van der Waals surface area contributed by atoms with Crippen LogP contribution in [0.4, 0.5) is 5.69 Å². The molecule has 2 N–H and O–H groups in total. The van der Waals surface area contributed by atoms with E-state index in [-0.39, 0.29) is 12.1 Å². The van der Waals surface area contributed by atoms with E-state index in [0.29, 0.717) is 0 Å². The molecule has 0 aromatic heterocycles. The van der Waals surface area contributed by atoms with Gasteiger partial charge in [0.05, 0.1) is 17.8 Å². The summed E-state index contributed by atoms with van der Waals surface area (Å²) in [6.45, 7) is 0.836. The summed E-state index contributed by atoms with van der Waals surface area (Å²) in [4.78, 5) is 2.28. The number of hydrogen-bond acceptors (Lipinski definition) is 4. The maximum Gasteiger partial charge on any atom is 0.150 e. The second-order valence-corrected chi connectivity index (χ2v) is 8.05. The minimum atomic E-state index is -0.447. The number of aliphatic hydroxyl groups excluding tert-OH is 1. The van der Waals surface area contributed by atoms with E-state index in [1.165, 1.54) is 5.56 Å². The molecule has 0 bridgehead atoms. The second kappa shape index (κ2) is 9.79. The topological polar surface area (TPSA) is 44.7 Å². The van der Waals surface area contributed by atoms with E-state index in [1.54, 1.807) is 0 Å². The molecule has 30 heavy (non-hydrogen) atoms. The van der Waals surface area contributed by atoms with Gasteiger partial charge in [0.25, 0.3) is 0 Å². The van der Waals surface area contributed by atoms with Crippen LogP contribution in [0.25, 0.3) is 0 Å². The van der Waals surface area contributed by atoms with Gasteiger partial charge in [0.1, 0.15) is 5.75 Å². The molecule has 0 heterocycles. The van der Waals surface area contributed by atoms with Crippen molar-refractivity contribution in [3.8, 4) is 11.5 Å². The van der Waals surface area contributed by atoms with Crippen LogP contribution in [0.3, 0.4) is 0 Å². The highest BCUT2D eigenvalue weighted by Crippen LogP contribution is 2.33. The molecule has 0 radical (unpaired) electrons. The highest BCUT2D eigenvalue weighted by molar-refractivity contribution is 5.58. The largest absolute Gasteiger partial charge is 0.455 e. The van der Waals surface area contributed by atoms with Crippen molar-refractivity contribution in [3.63, 3.8) is 0 Å². The van der Waals surface area contributed by atoms with Crippen molar-refractivity contribution in [2.24, 2.45) is 0 Å². The minimum Gasteiger partial charge on any atom is -0.455 e. The van der Waals surface area contributed by atoms with Gasteiger partial charge < -0.3 is 15.2 Å². The molecule has 0 spiro atoms. The van der Waals surface area contributed by atoms with Gasteiger partial charge in [-0.05, 0) is 56.1 Å². The van der Waals surface area contributed by atoms with Crippen molar-refractivity contribution in [1.82, 2.24) is 4.90 Å². The smallest absolute Gasteiger partial charge is 0.150 e. The van der Waals surface area contributed by atoms with Crippen LogP contribution in [-0.4, -0.2) is 35.2 Å². The van der Waals surface area contributed by atoms with Crippen LogP contribution >= 0.6 is 0 Å². The van der Waals surface area contributed by atoms with Gasteiger partial charge in [0.15, 0.2) is 5.75 Å². The molecule has 1 aliphatic carbocycles. The number of anilines is 1. The fraction of sp³-hybridized carbons (Fsp3) is 0.308. The average Bonchev–Trinajstić information content (AvgIpc) is 2.78. The molecule has 1 fully saturated rings. The summed E-state index contributed by atoms with van der Waals surface area (Å²) in [6, 6.07) is 28.3. The minimum absolute atomic E-state index is 0.0116. The third-order valence-corrected chi connectivity index (χ3v) is 5.86. The monoisotopic (exact) mass is 402 g/mol. The van der Waals surface area contributed by atoms with Crippen LogP contribution < -0.4 is 10.1 Å². The summed E-state index contributed by atoms with van der Waals surface area (Å²) >= 11 is 0. The second-order valence-electron chi connectivity index (χ2n) is 8.05. The molecule has 4 nitrogen and oxygen atoms in total. The molecule has 1 aliphatic rings. The van der Waals surface area contributed by atoms with Crippen molar-refractivity contribution in [1.29, 1.82) is 0 Å². The number of para-hydroxylation sites is 3. The quantitative estimate of drug-likeness (QED) is 0.563. The molecule has 3 aromatic rings. The lowest BCUT2D eigenvalue weighted by Gasteiger charge is -2.40. The molecule has 1 saturated carbocycles. The molecule has 0 unspecified atom stereocenters. The van der Waals surface area contributed by atoms with E-state index in [2.05, 4.69) is 41.5 Å². The van der Waals surface area contributed by atoms with Crippen molar-refractivity contribution >= 4 is 5.69 Å². The standard InChI is InChI=1S/C26H30N2O2/c1-28(19-20-11-4-2-5-12-20)24-17-10-16-23(26(24)29)27-22-15-8-9-18-25(22)30-21-13-6-3-7-14-21/h2-9,11-15,18,23-24,26-27,29H,10,16-17,19H2,1H3/t23-,24-,26+/m1/s1. The van der Waals surface area contributed by atoms with E-state index in [9.17, 15) is 5.11 Å².